The molecule has 0 radical (unpaired) electrons. The minimum atomic E-state index is 0. The van der Waals surface area contributed by atoms with E-state index in [0.29, 0.717) is 0 Å². The Morgan fingerprint density at radius 1 is 0.962 bits per heavy atom. The molecule has 0 bridgehead atoms. The van der Waals surface area contributed by atoms with Gasteiger partial charge in [0.25, 0.3) is 0 Å². The number of unbranched alkanes of at least 4 members (excludes halogenated alkanes) is 2. The molecule has 0 atom stereocenters. The van der Waals surface area contributed by atoms with E-state index in [-0.39, 0.29) is 21.7 Å². The molecule has 3 heteroatoms. The zero-order valence-electron chi connectivity index (χ0n) is 18.1. The van der Waals surface area contributed by atoms with Gasteiger partial charge in [-0.15, -0.1) is 32.7 Å². The molecular formula is C23H42N2Ti. The number of allylic oxidation sites excluding steroid dienone is 6. The Morgan fingerprint density at radius 3 is 1.58 bits per heavy atom. The minimum absolute atomic E-state index is 0. The summed E-state index contributed by atoms with van der Waals surface area (Å²) in [6.07, 6.45) is 18.4. The van der Waals surface area contributed by atoms with Crippen molar-refractivity contribution in [1.82, 2.24) is 0 Å². The van der Waals surface area contributed by atoms with Crippen LogP contribution in [-0.2, 0) is 21.7 Å². The van der Waals surface area contributed by atoms with Gasteiger partial charge in [-0.25, -0.2) is 12.2 Å². The van der Waals surface area contributed by atoms with E-state index < -0.39 is 0 Å². The van der Waals surface area contributed by atoms with Crippen LogP contribution < -0.4 is 0 Å². The van der Waals surface area contributed by atoms with E-state index in [1.165, 1.54) is 5.92 Å². The van der Waals surface area contributed by atoms with Crippen molar-refractivity contribution >= 4 is 0 Å². The van der Waals surface area contributed by atoms with Crippen molar-refractivity contribution in [2.24, 2.45) is 0 Å². The maximum absolute atomic E-state index is 4.16. The third-order valence-electron chi connectivity index (χ3n) is 2.48. The predicted molar refractivity (Wildman–Crippen MR) is 118 cm³/mol. The molecule has 0 aromatic heterocycles. The van der Waals surface area contributed by atoms with Gasteiger partial charge in [0.05, 0.1) is 0 Å². The van der Waals surface area contributed by atoms with Gasteiger partial charge in [0.1, 0.15) is 0 Å². The number of nitrogens with zero attached hydrogens (tertiary/aromatic N) is 2. The molecule has 0 aromatic rings. The summed E-state index contributed by atoms with van der Waals surface area (Å²) in [7, 11) is 0. The van der Waals surface area contributed by atoms with E-state index in [1.807, 2.05) is 24.3 Å². The van der Waals surface area contributed by atoms with Crippen LogP contribution in [0.25, 0.3) is 10.6 Å². The van der Waals surface area contributed by atoms with Crippen LogP contribution in [0.5, 0.6) is 0 Å². The molecule has 148 valence electrons. The molecule has 2 nitrogen and oxygen atoms in total. The van der Waals surface area contributed by atoms with Crippen molar-refractivity contribution in [2.45, 2.75) is 66.7 Å². The molecule has 0 spiro atoms. The van der Waals surface area contributed by atoms with Crippen molar-refractivity contribution < 1.29 is 21.7 Å². The molecule has 1 rings (SSSR count). The van der Waals surface area contributed by atoms with Gasteiger partial charge in [0.15, 0.2) is 0 Å². The van der Waals surface area contributed by atoms with Gasteiger partial charge in [-0.05, 0) is 12.8 Å². The summed E-state index contributed by atoms with van der Waals surface area (Å²) in [5, 5.41) is 8.32. The summed E-state index contributed by atoms with van der Waals surface area (Å²) < 4.78 is 0. The maximum Gasteiger partial charge on any atom is 4.00 e. The van der Waals surface area contributed by atoms with Gasteiger partial charge in [0, 0.05) is 0 Å². The van der Waals surface area contributed by atoms with Gasteiger partial charge in [0.2, 0.25) is 0 Å². The van der Waals surface area contributed by atoms with Crippen molar-refractivity contribution in [3.05, 3.63) is 66.2 Å². The van der Waals surface area contributed by atoms with E-state index in [0.717, 1.165) is 58.3 Å². The van der Waals surface area contributed by atoms with Crippen LogP contribution in [0.2, 0.25) is 0 Å². The largest absolute Gasteiger partial charge is 4.00 e. The molecule has 0 amide bonds. The van der Waals surface area contributed by atoms with Gasteiger partial charge in [-0.1, -0.05) is 38.8 Å². The number of hydrogen-bond donors (Lipinski definition) is 0. The number of rotatable bonds is 10. The molecular weight excluding hydrogens is 352 g/mol. The SMILES string of the molecule is C=CCCC[N-]CC.C=CCCC[N-]CC.C[C-](C)C.[C-]1=CC=CC1.[Ti+4]. The minimum Gasteiger partial charge on any atom is -0.662 e. The fourth-order valence-corrected chi connectivity index (χ4v) is 1.35. The summed E-state index contributed by atoms with van der Waals surface area (Å²) in [6.45, 7) is 21.5. The monoisotopic (exact) mass is 394 g/mol. The Labute approximate surface area is 180 Å². The van der Waals surface area contributed by atoms with E-state index in [2.05, 4.69) is 70.6 Å². The molecule has 0 heterocycles. The van der Waals surface area contributed by atoms with Crippen molar-refractivity contribution in [1.29, 1.82) is 0 Å². The first-order chi connectivity index (χ1) is 12.1. The van der Waals surface area contributed by atoms with Crippen molar-refractivity contribution in [2.75, 3.05) is 26.2 Å². The van der Waals surface area contributed by atoms with E-state index >= 15 is 0 Å². The van der Waals surface area contributed by atoms with Crippen LogP contribution >= 0.6 is 0 Å². The Hall–Kier alpha value is -0.406. The van der Waals surface area contributed by atoms with Crippen molar-refractivity contribution in [3.63, 3.8) is 0 Å². The molecule has 1 aliphatic carbocycles. The predicted octanol–water partition coefficient (Wildman–Crippen LogP) is 7.62. The van der Waals surface area contributed by atoms with E-state index in [4.69, 9.17) is 0 Å². The first kappa shape index (κ1) is 33.2. The average Bonchev–Trinajstić information content (AvgIpc) is 3.16. The summed E-state index contributed by atoms with van der Waals surface area (Å²) in [6, 6.07) is 0. The molecule has 0 saturated carbocycles. The van der Waals surface area contributed by atoms with Crippen LogP contribution in [0.15, 0.2) is 43.5 Å². The molecule has 0 unspecified atom stereocenters. The number of hydrogen-bond acceptors (Lipinski definition) is 0. The van der Waals surface area contributed by atoms with Gasteiger partial charge < -0.3 is 16.6 Å². The Morgan fingerprint density at radius 2 is 1.38 bits per heavy atom. The van der Waals surface area contributed by atoms with Gasteiger partial charge >= 0.3 is 21.7 Å². The quantitative estimate of drug-likeness (QED) is 0.158. The Balaban J connectivity index is -0.000000127. The second-order valence-corrected chi connectivity index (χ2v) is 5.89. The summed E-state index contributed by atoms with van der Waals surface area (Å²) in [4.78, 5) is 0. The smallest absolute Gasteiger partial charge is 0.662 e. The zero-order chi connectivity index (χ0) is 19.6. The topological polar surface area (TPSA) is 28.2 Å². The first-order valence-electron chi connectivity index (χ1n) is 9.53. The fourth-order valence-electron chi connectivity index (χ4n) is 1.35. The van der Waals surface area contributed by atoms with Crippen LogP contribution in [0.1, 0.15) is 66.7 Å². The van der Waals surface area contributed by atoms with Crippen LogP contribution in [0.3, 0.4) is 0 Å². The average molecular weight is 394 g/mol. The standard InChI is InChI=1S/2C7H14N.C5H5.C4H9.Ti/c2*1-3-5-6-7-8-4-2;1-2-4-5-3-1;1-4(2)3;/h2*3H,1,4-7H2,2H3;1-3H,4H2;1-3H3;/q4*-1;+4. The third-order valence-corrected chi connectivity index (χ3v) is 2.48. The van der Waals surface area contributed by atoms with E-state index in [9.17, 15) is 0 Å². The van der Waals surface area contributed by atoms with Crippen LogP contribution in [0, 0.1) is 12.0 Å². The molecule has 0 aromatic carbocycles. The fraction of sp³-hybridized carbons (Fsp3) is 0.609. The molecule has 0 fully saturated rings. The maximum atomic E-state index is 4.16. The molecule has 1 aliphatic rings. The normalized spacial score (nSPS) is 10.4. The van der Waals surface area contributed by atoms with Crippen LogP contribution in [-0.4, -0.2) is 26.2 Å². The zero-order valence-corrected chi connectivity index (χ0v) is 19.6. The second-order valence-electron chi connectivity index (χ2n) is 5.89. The second kappa shape index (κ2) is 35.7. The third kappa shape index (κ3) is 56.6. The Kier molecular flexibility index (Phi) is 45.5. The van der Waals surface area contributed by atoms with E-state index in [1.54, 1.807) is 0 Å². The molecule has 0 N–H and O–H groups in total. The first-order valence-corrected chi connectivity index (χ1v) is 9.53. The van der Waals surface area contributed by atoms with Gasteiger partial charge in [-0.2, -0.15) is 39.9 Å². The summed E-state index contributed by atoms with van der Waals surface area (Å²) in [5.41, 5.74) is 0. The van der Waals surface area contributed by atoms with Crippen LogP contribution in [0.4, 0.5) is 0 Å². The molecule has 0 aliphatic heterocycles. The molecule has 0 saturated heterocycles. The molecule has 26 heavy (non-hydrogen) atoms. The Bertz CT molecular complexity index is 268. The summed E-state index contributed by atoms with van der Waals surface area (Å²) >= 11 is 0. The summed E-state index contributed by atoms with van der Waals surface area (Å²) in [5.74, 6) is 1.42. The van der Waals surface area contributed by atoms with Crippen molar-refractivity contribution in [3.8, 4) is 0 Å². The van der Waals surface area contributed by atoms with Gasteiger partial charge in [-0.3, -0.25) is 6.08 Å².